The zero-order valence-corrected chi connectivity index (χ0v) is 11.7. The molecule has 2 aromatic rings. The summed E-state index contributed by atoms with van der Waals surface area (Å²) in [5.41, 5.74) is 2.63. The average molecular weight is 317 g/mol. The van der Waals surface area contributed by atoms with Crippen molar-refractivity contribution in [3.63, 3.8) is 0 Å². The number of rotatable bonds is 3. The van der Waals surface area contributed by atoms with Gasteiger partial charge in [0.1, 0.15) is 11.6 Å². The topological polar surface area (TPSA) is 63.0 Å². The Morgan fingerprint density at radius 2 is 1.81 bits per heavy atom. The fourth-order valence-electron chi connectivity index (χ4n) is 1.69. The van der Waals surface area contributed by atoms with Gasteiger partial charge in [0.15, 0.2) is 0 Å². The van der Waals surface area contributed by atoms with Crippen LogP contribution in [0.4, 0.5) is 30.5 Å². The van der Waals surface area contributed by atoms with E-state index >= 15 is 0 Å². The van der Waals surface area contributed by atoms with Crippen LogP contribution < -0.4 is 16.6 Å². The second-order valence-corrected chi connectivity index (χ2v) is 4.78. The Bertz CT molecular complexity index is 658. The molecular formula is C13H12ClF3N4. The largest absolute Gasteiger partial charge is 0.416 e. The highest BCUT2D eigenvalue weighted by atomic mass is 35.5. The third-order valence-corrected chi connectivity index (χ3v) is 3.00. The van der Waals surface area contributed by atoms with Crippen LogP contribution in [-0.2, 0) is 6.18 Å². The molecule has 1 heterocycles. The highest BCUT2D eigenvalue weighted by Crippen LogP contribution is 2.33. The Hall–Kier alpha value is -1.99. The maximum absolute atomic E-state index is 12.8. The molecule has 0 bridgehead atoms. The van der Waals surface area contributed by atoms with E-state index < -0.39 is 11.7 Å². The first-order valence-electron chi connectivity index (χ1n) is 5.88. The Kier molecular flexibility index (Phi) is 4.24. The molecule has 1 aromatic carbocycles. The van der Waals surface area contributed by atoms with Crippen LogP contribution in [0.5, 0.6) is 0 Å². The van der Waals surface area contributed by atoms with Crippen molar-refractivity contribution in [3.8, 4) is 0 Å². The number of hydrogen-bond acceptors (Lipinski definition) is 4. The van der Waals surface area contributed by atoms with E-state index in [4.69, 9.17) is 17.4 Å². The zero-order chi connectivity index (χ0) is 15.6. The van der Waals surface area contributed by atoms with Crippen molar-refractivity contribution in [1.82, 2.24) is 4.98 Å². The van der Waals surface area contributed by atoms with Gasteiger partial charge in [0.25, 0.3) is 0 Å². The van der Waals surface area contributed by atoms with E-state index in [9.17, 15) is 13.2 Å². The van der Waals surface area contributed by atoms with Crippen LogP contribution in [0.3, 0.4) is 0 Å². The molecule has 0 amide bonds. The van der Waals surface area contributed by atoms with Gasteiger partial charge in [-0.3, -0.25) is 0 Å². The molecule has 0 aliphatic rings. The molecule has 0 fully saturated rings. The number of nitrogens with one attached hydrogen (secondary N) is 2. The molecule has 1 aromatic heterocycles. The fourth-order valence-corrected chi connectivity index (χ4v) is 1.97. The lowest BCUT2D eigenvalue weighted by atomic mass is 10.2. The van der Waals surface area contributed by atoms with Gasteiger partial charge in [-0.05, 0) is 36.8 Å². The zero-order valence-electron chi connectivity index (χ0n) is 10.9. The third-order valence-electron chi connectivity index (χ3n) is 2.69. The Labute approximate surface area is 124 Å². The molecule has 0 atom stereocenters. The van der Waals surface area contributed by atoms with Crippen molar-refractivity contribution in [1.29, 1.82) is 0 Å². The third kappa shape index (κ3) is 3.77. The fraction of sp³-hybridized carbons (Fsp3) is 0.154. The molecule has 2 rings (SSSR count). The maximum Gasteiger partial charge on any atom is 0.416 e. The van der Waals surface area contributed by atoms with Crippen LogP contribution >= 0.6 is 11.6 Å². The molecule has 0 saturated carbocycles. The molecule has 4 nitrogen and oxygen atoms in total. The summed E-state index contributed by atoms with van der Waals surface area (Å²) in [6.07, 6.45) is -4.50. The highest BCUT2D eigenvalue weighted by Gasteiger charge is 2.31. The van der Waals surface area contributed by atoms with Gasteiger partial charge < -0.3 is 10.7 Å². The second kappa shape index (κ2) is 5.79. The molecule has 4 N–H and O–H groups in total. The number of pyridine rings is 1. The summed E-state index contributed by atoms with van der Waals surface area (Å²) in [5, 5.41) is 3.13. The summed E-state index contributed by atoms with van der Waals surface area (Å²) in [6, 6.07) is 6.84. The first kappa shape index (κ1) is 15.4. The van der Waals surface area contributed by atoms with Crippen LogP contribution in [0.25, 0.3) is 0 Å². The Balaban J connectivity index is 2.39. The molecular weight excluding hydrogens is 305 g/mol. The molecule has 0 aliphatic carbocycles. The molecule has 0 aliphatic heterocycles. The van der Waals surface area contributed by atoms with Gasteiger partial charge in [0, 0.05) is 0 Å². The number of benzene rings is 1. The van der Waals surface area contributed by atoms with Crippen molar-refractivity contribution in [2.24, 2.45) is 5.84 Å². The minimum Gasteiger partial charge on any atom is -0.339 e. The van der Waals surface area contributed by atoms with Crippen LogP contribution in [0.15, 0.2) is 30.3 Å². The summed E-state index contributed by atoms with van der Waals surface area (Å²) in [7, 11) is 0. The van der Waals surface area contributed by atoms with E-state index in [-0.39, 0.29) is 11.6 Å². The molecule has 8 heteroatoms. The predicted molar refractivity (Wildman–Crippen MR) is 76.5 cm³/mol. The Morgan fingerprint density at radius 3 is 2.38 bits per heavy atom. The number of hydrazine groups is 1. The second-order valence-electron chi connectivity index (χ2n) is 4.38. The average Bonchev–Trinajstić information content (AvgIpc) is 2.40. The highest BCUT2D eigenvalue weighted by molar-refractivity contribution is 6.33. The van der Waals surface area contributed by atoms with Gasteiger partial charge in [-0.2, -0.15) is 13.2 Å². The smallest absolute Gasteiger partial charge is 0.339 e. The van der Waals surface area contributed by atoms with Crippen LogP contribution in [0.1, 0.15) is 11.1 Å². The summed E-state index contributed by atoms with van der Waals surface area (Å²) in [5.74, 6) is 5.03. The number of aromatic nitrogens is 1. The number of nitrogens with two attached hydrogens (primary N) is 1. The number of alkyl halides is 3. The lowest BCUT2D eigenvalue weighted by Gasteiger charge is -2.13. The Morgan fingerprint density at radius 1 is 1.14 bits per heavy atom. The first-order valence-corrected chi connectivity index (χ1v) is 6.26. The summed E-state index contributed by atoms with van der Waals surface area (Å²) >= 11 is 6.03. The van der Waals surface area contributed by atoms with Crippen molar-refractivity contribution >= 4 is 28.9 Å². The molecule has 0 radical (unpaired) electrons. The number of nitrogens with zero attached hydrogens (tertiary/aromatic N) is 1. The summed E-state index contributed by atoms with van der Waals surface area (Å²) in [6.45, 7) is 1.86. The molecule has 112 valence electrons. The summed E-state index contributed by atoms with van der Waals surface area (Å²) in [4.78, 5) is 3.92. The van der Waals surface area contributed by atoms with E-state index in [1.165, 1.54) is 0 Å². The van der Waals surface area contributed by atoms with Gasteiger partial charge in [-0.1, -0.05) is 17.7 Å². The number of halogens is 4. The normalized spacial score (nSPS) is 11.3. The standard InChI is InChI=1S/C13H12ClF3N4/c1-7-2-3-10(9(14)4-7)19-11-5-8(13(15,16)17)6-12(20-11)21-18/h2-6H,18H2,1H3,(H2,19,20,21). The van der Waals surface area contributed by atoms with Gasteiger partial charge in [-0.25, -0.2) is 10.8 Å². The van der Waals surface area contributed by atoms with E-state index in [2.05, 4.69) is 15.7 Å². The minimum absolute atomic E-state index is 0.0106. The minimum atomic E-state index is -4.50. The van der Waals surface area contributed by atoms with E-state index in [1.54, 1.807) is 18.2 Å². The van der Waals surface area contributed by atoms with Gasteiger partial charge in [-0.15, -0.1) is 0 Å². The molecule has 0 saturated heterocycles. The molecule has 0 spiro atoms. The number of hydrogen-bond donors (Lipinski definition) is 3. The van der Waals surface area contributed by atoms with Crippen LogP contribution in [0.2, 0.25) is 5.02 Å². The van der Waals surface area contributed by atoms with Crippen molar-refractivity contribution in [2.45, 2.75) is 13.1 Å². The van der Waals surface area contributed by atoms with Crippen molar-refractivity contribution < 1.29 is 13.2 Å². The maximum atomic E-state index is 12.8. The van der Waals surface area contributed by atoms with E-state index in [0.717, 1.165) is 17.7 Å². The van der Waals surface area contributed by atoms with Crippen molar-refractivity contribution in [3.05, 3.63) is 46.5 Å². The van der Waals surface area contributed by atoms with Crippen molar-refractivity contribution in [2.75, 3.05) is 10.7 Å². The van der Waals surface area contributed by atoms with Crippen LogP contribution in [0, 0.1) is 6.92 Å². The number of aryl methyl sites for hydroxylation is 1. The summed E-state index contributed by atoms with van der Waals surface area (Å²) < 4.78 is 38.4. The van der Waals surface area contributed by atoms with Gasteiger partial charge in [0.2, 0.25) is 0 Å². The molecule has 21 heavy (non-hydrogen) atoms. The van der Waals surface area contributed by atoms with E-state index in [0.29, 0.717) is 10.7 Å². The number of nitrogen functional groups attached to an aromatic ring is 1. The van der Waals surface area contributed by atoms with Gasteiger partial charge in [0.05, 0.1) is 16.3 Å². The predicted octanol–water partition coefficient (Wildman–Crippen LogP) is 4.09. The first-order chi connectivity index (χ1) is 9.79. The molecule has 0 unspecified atom stereocenters. The lowest BCUT2D eigenvalue weighted by Crippen LogP contribution is -2.13. The van der Waals surface area contributed by atoms with E-state index in [1.807, 2.05) is 6.92 Å². The number of anilines is 3. The lowest BCUT2D eigenvalue weighted by molar-refractivity contribution is -0.137. The van der Waals surface area contributed by atoms with Gasteiger partial charge >= 0.3 is 6.18 Å². The quantitative estimate of drug-likeness (QED) is 0.589. The monoisotopic (exact) mass is 316 g/mol. The van der Waals surface area contributed by atoms with Crippen LogP contribution in [-0.4, -0.2) is 4.98 Å². The SMILES string of the molecule is Cc1ccc(Nc2cc(C(F)(F)F)cc(NN)n2)c(Cl)c1.